The van der Waals surface area contributed by atoms with Gasteiger partial charge in [-0.3, -0.25) is 4.55 Å². The third-order valence-corrected chi connectivity index (χ3v) is 12.9. The van der Waals surface area contributed by atoms with E-state index in [2.05, 4.69) is 67.5 Å². The van der Waals surface area contributed by atoms with E-state index in [1.807, 2.05) is 30.4 Å². The first-order valence-electron chi connectivity index (χ1n) is 17.5. The van der Waals surface area contributed by atoms with E-state index in [0.29, 0.717) is 37.7 Å². The minimum Gasteiger partial charge on any atom is -0.748 e. The van der Waals surface area contributed by atoms with Crippen LogP contribution in [0.2, 0.25) is 0 Å². The molecule has 0 spiro atoms. The fourth-order valence-corrected chi connectivity index (χ4v) is 9.71. The van der Waals surface area contributed by atoms with Crippen molar-refractivity contribution in [3.05, 3.63) is 102 Å². The minimum absolute atomic E-state index is 0. The average Bonchev–Trinajstić information content (AvgIpc) is 3.42. The third kappa shape index (κ3) is 9.69. The molecule has 11 nitrogen and oxygen atoms in total. The van der Waals surface area contributed by atoms with Crippen LogP contribution < -0.4 is 64.0 Å². The van der Waals surface area contributed by atoms with Crippen LogP contribution in [-0.2, 0) is 41.2 Å². The van der Waals surface area contributed by atoms with Gasteiger partial charge in [0.2, 0.25) is 5.69 Å². The minimum atomic E-state index is -4.67. The Kier molecular flexibility index (Phi) is 14.3. The van der Waals surface area contributed by atoms with Gasteiger partial charge in [0, 0.05) is 53.2 Å². The van der Waals surface area contributed by atoms with Crippen molar-refractivity contribution in [1.82, 2.24) is 0 Å². The number of fused-ring (bicyclic) bond motifs is 6. The van der Waals surface area contributed by atoms with Gasteiger partial charge in [0.1, 0.15) is 16.7 Å². The van der Waals surface area contributed by atoms with Gasteiger partial charge in [0.05, 0.1) is 26.2 Å². The summed E-state index contributed by atoms with van der Waals surface area (Å²) in [5.74, 6) is -0.788. The van der Waals surface area contributed by atoms with Gasteiger partial charge in [-0.05, 0) is 90.6 Å². The van der Waals surface area contributed by atoms with E-state index in [4.69, 9.17) is 0 Å². The van der Waals surface area contributed by atoms with Gasteiger partial charge in [0.15, 0.2) is 5.71 Å². The maximum atomic E-state index is 11.8. The third-order valence-electron chi connectivity index (χ3n) is 10.4. The first kappa shape index (κ1) is 45.8. The zero-order chi connectivity index (χ0) is 38.6. The van der Waals surface area contributed by atoms with Crippen molar-refractivity contribution in [2.45, 2.75) is 69.1 Å². The summed E-state index contributed by atoms with van der Waals surface area (Å²) < 4.78 is 104. The Bertz CT molecular complexity index is 2570. The summed E-state index contributed by atoms with van der Waals surface area (Å²) in [5, 5.41) is 3.61. The molecule has 0 bridgehead atoms. The fourth-order valence-electron chi connectivity index (χ4n) is 8.08. The van der Waals surface area contributed by atoms with E-state index in [1.54, 1.807) is 12.1 Å². The van der Waals surface area contributed by atoms with Crippen molar-refractivity contribution in [3.63, 3.8) is 0 Å². The molecule has 0 unspecified atom stereocenters. The van der Waals surface area contributed by atoms with Gasteiger partial charge < -0.3 is 14.0 Å². The van der Waals surface area contributed by atoms with Crippen LogP contribution in [0.15, 0.2) is 95.6 Å². The van der Waals surface area contributed by atoms with Crippen LogP contribution >= 0.6 is 0 Å². The first-order chi connectivity index (χ1) is 24.7. The zero-order valence-electron chi connectivity index (χ0n) is 32.1. The first-order valence-corrected chi connectivity index (χ1v) is 22.0. The molecule has 0 atom stereocenters. The van der Waals surface area contributed by atoms with E-state index in [-0.39, 0.29) is 76.2 Å². The van der Waals surface area contributed by atoms with E-state index in [0.717, 1.165) is 50.1 Å². The van der Waals surface area contributed by atoms with Gasteiger partial charge in [-0.1, -0.05) is 56.3 Å². The standard InChI is InChI=1S/C39H44N2O9S3.2Na/c1-38(2)34(40(22-7-9-24-51(42,43)44)32-20-16-27-12-5-6-13-30(27)36(32)38)14-11-15-35-39(3,4)37-31-19-18-29(53(48,49)50)26-28(31)17-21-33(37)41(35)23-8-10-25-52(45,46)47;;/h5-6,11-21,26H,7-10,22-25H2,1-4H3,(H2-,42,43,44,45,46,47,48,49,50);;/q;2*+1/p-1. The Morgan fingerprint density at radius 1 is 0.745 bits per heavy atom. The summed E-state index contributed by atoms with van der Waals surface area (Å²) in [4.78, 5) is 1.79. The van der Waals surface area contributed by atoms with Crippen molar-refractivity contribution >= 4 is 69.0 Å². The monoisotopic (exact) mass is 825 g/mol. The van der Waals surface area contributed by atoms with Crippen molar-refractivity contribution < 1.29 is 103 Å². The Morgan fingerprint density at radius 2 is 1.40 bits per heavy atom. The van der Waals surface area contributed by atoms with Crippen LogP contribution in [-0.4, -0.2) is 73.8 Å². The molecule has 2 aliphatic heterocycles. The van der Waals surface area contributed by atoms with Gasteiger partial charge in [-0.15, -0.1) is 0 Å². The van der Waals surface area contributed by atoms with Crippen molar-refractivity contribution in [2.24, 2.45) is 0 Å². The predicted molar refractivity (Wildman–Crippen MR) is 206 cm³/mol. The molecule has 0 fully saturated rings. The summed E-state index contributed by atoms with van der Waals surface area (Å²) in [6.07, 6.45) is 7.50. The quantitative estimate of drug-likeness (QED) is 0.0867. The van der Waals surface area contributed by atoms with Crippen LogP contribution in [0.5, 0.6) is 0 Å². The molecule has 0 aromatic heterocycles. The molecule has 0 saturated carbocycles. The van der Waals surface area contributed by atoms with Crippen molar-refractivity contribution in [3.8, 4) is 0 Å². The fraction of sp³-hybridized carbons (Fsp3) is 0.359. The van der Waals surface area contributed by atoms with Crippen LogP contribution in [0.25, 0.3) is 21.5 Å². The van der Waals surface area contributed by atoms with Gasteiger partial charge in [0.25, 0.3) is 10.1 Å². The summed E-state index contributed by atoms with van der Waals surface area (Å²) in [6, 6.07) is 20.4. The molecule has 55 heavy (non-hydrogen) atoms. The second kappa shape index (κ2) is 17.1. The average molecular weight is 826 g/mol. The molecule has 0 saturated heterocycles. The molecule has 0 aliphatic carbocycles. The molecule has 4 aromatic carbocycles. The molecule has 16 heteroatoms. The number of nitrogens with zero attached hydrogens (tertiary/aromatic N) is 2. The summed E-state index contributed by atoms with van der Waals surface area (Å²) in [6.45, 7) is 9.39. The molecular formula is C39H43N2Na2O9S3+. The van der Waals surface area contributed by atoms with Crippen LogP contribution in [0.3, 0.4) is 0 Å². The van der Waals surface area contributed by atoms with Crippen LogP contribution in [0.4, 0.5) is 11.4 Å². The Hall–Kier alpha value is -1.92. The second-order valence-corrected chi connectivity index (χ2v) is 19.3. The van der Waals surface area contributed by atoms with E-state index < -0.39 is 46.9 Å². The SMILES string of the molecule is CC1(C)C(C=C/C=C2/N(CCCCS(=O)(=O)[O-])c3ccc4cc(S(=O)(=O)[O-])ccc4c3C2(C)C)=[N+](CCCCS(=O)(=O)O)c2ccc3ccccc3c21.[Na+].[Na+]. The number of hydrogen-bond donors (Lipinski definition) is 1. The largest absolute Gasteiger partial charge is 1.00 e. The number of anilines is 1. The van der Waals surface area contributed by atoms with Crippen molar-refractivity contribution in [2.75, 3.05) is 29.5 Å². The summed E-state index contributed by atoms with van der Waals surface area (Å²) >= 11 is 0. The van der Waals surface area contributed by atoms with E-state index in [9.17, 15) is 38.9 Å². The maximum Gasteiger partial charge on any atom is 1.00 e. The van der Waals surface area contributed by atoms with Crippen molar-refractivity contribution in [1.29, 1.82) is 0 Å². The summed E-state index contributed by atoms with van der Waals surface area (Å²) in [7, 11) is -13.1. The Balaban J connectivity index is 0.00000336. The number of hydrogen-bond acceptors (Lipinski definition) is 9. The Labute approximate surface area is 368 Å². The predicted octanol–water partition coefficient (Wildman–Crippen LogP) is 0.513. The van der Waals surface area contributed by atoms with Gasteiger partial charge >= 0.3 is 59.1 Å². The zero-order valence-corrected chi connectivity index (χ0v) is 38.5. The molecule has 0 amide bonds. The molecule has 2 aliphatic rings. The Morgan fingerprint density at radius 3 is 2.07 bits per heavy atom. The topological polar surface area (TPSA) is 175 Å². The maximum absolute atomic E-state index is 11.8. The summed E-state index contributed by atoms with van der Waals surface area (Å²) in [5.41, 5.74) is 4.82. The number of unbranched alkanes of at least 4 members (excludes halogenated alkanes) is 2. The normalized spacial score (nSPS) is 17.1. The molecule has 1 N–H and O–H groups in total. The van der Waals surface area contributed by atoms with Gasteiger partial charge in [-0.25, -0.2) is 16.8 Å². The van der Waals surface area contributed by atoms with E-state index >= 15 is 0 Å². The van der Waals surface area contributed by atoms with Crippen LogP contribution in [0, 0.1) is 0 Å². The molecular weight excluding hydrogens is 783 g/mol. The second-order valence-electron chi connectivity index (χ2n) is 14.8. The smallest absolute Gasteiger partial charge is 0.748 e. The molecule has 282 valence electrons. The molecule has 0 radical (unpaired) electrons. The van der Waals surface area contributed by atoms with Crippen LogP contribution in [0.1, 0.15) is 64.5 Å². The molecule has 2 heterocycles. The number of rotatable bonds is 13. The number of benzene rings is 4. The molecule has 4 aromatic rings. The van der Waals surface area contributed by atoms with E-state index in [1.165, 1.54) is 12.1 Å². The molecule has 6 rings (SSSR count). The number of allylic oxidation sites excluding steroid dienone is 4. The van der Waals surface area contributed by atoms with Gasteiger partial charge in [-0.2, -0.15) is 13.0 Å².